The van der Waals surface area contributed by atoms with Crippen molar-refractivity contribution in [3.8, 4) is 34.5 Å². The van der Waals surface area contributed by atoms with E-state index in [2.05, 4.69) is 0 Å². The first kappa shape index (κ1) is 20.9. The van der Waals surface area contributed by atoms with E-state index in [-0.39, 0.29) is 48.8 Å². The smallest absolute Gasteiger partial charge is 0.221 e. The van der Waals surface area contributed by atoms with E-state index in [0.717, 1.165) is 12.1 Å². The molecular formula is C30H16O8. The van der Waals surface area contributed by atoms with Crippen molar-refractivity contribution >= 4 is 75.4 Å². The Morgan fingerprint density at radius 2 is 1.00 bits per heavy atom. The van der Waals surface area contributed by atoms with Crippen molar-refractivity contribution in [2.24, 2.45) is 0 Å². The van der Waals surface area contributed by atoms with Crippen LogP contribution in [-0.4, -0.2) is 30.6 Å². The fourth-order valence-corrected chi connectivity index (χ4v) is 6.98. The van der Waals surface area contributed by atoms with Crippen molar-refractivity contribution in [2.45, 2.75) is 13.8 Å². The minimum absolute atomic E-state index is 0.0154. The first-order valence-corrected chi connectivity index (χ1v) is 11.8. The van der Waals surface area contributed by atoms with Crippen molar-refractivity contribution < 1.29 is 30.6 Å². The number of phenols is 6. The van der Waals surface area contributed by atoms with E-state index in [1.54, 1.807) is 6.92 Å². The van der Waals surface area contributed by atoms with Crippen LogP contribution in [0.2, 0.25) is 0 Å². The zero-order chi connectivity index (χ0) is 26.7. The van der Waals surface area contributed by atoms with E-state index in [1.807, 2.05) is 6.92 Å². The van der Waals surface area contributed by atoms with Gasteiger partial charge in [0, 0.05) is 71.4 Å². The summed E-state index contributed by atoms with van der Waals surface area (Å²) in [4.78, 5) is 26.4. The van der Waals surface area contributed by atoms with E-state index in [1.165, 1.54) is 12.1 Å². The van der Waals surface area contributed by atoms with Gasteiger partial charge in [0.15, 0.2) is 22.7 Å². The molecule has 0 spiro atoms. The Bertz CT molecular complexity index is 2510. The zero-order valence-electron chi connectivity index (χ0n) is 19.8. The molecule has 0 saturated heterocycles. The van der Waals surface area contributed by atoms with Gasteiger partial charge in [0.2, 0.25) is 5.43 Å². The SMILES string of the molecule is Cc1cc(O)c2c3c(O)c(=O)cc4c(O)c5c(O)cc(=O)c6c7c(O)c(O)cc8c(C)c1c2c(c87)c(c43)c56. The predicted octanol–water partition coefficient (Wildman–Crippen LogP) is 5.08. The molecule has 8 rings (SSSR count). The number of hydrogen-bond acceptors (Lipinski definition) is 8. The Hall–Kier alpha value is -5.24. The van der Waals surface area contributed by atoms with Gasteiger partial charge in [-0.05, 0) is 47.9 Å². The first-order chi connectivity index (χ1) is 18.0. The van der Waals surface area contributed by atoms with E-state index in [0.29, 0.717) is 43.4 Å². The number of aromatic hydroxyl groups is 6. The molecule has 184 valence electrons. The molecule has 8 aromatic rings. The summed E-state index contributed by atoms with van der Waals surface area (Å²) in [6.45, 7) is 3.61. The highest BCUT2D eigenvalue weighted by Crippen LogP contribution is 2.58. The third kappa shape index (κ3) is 1.93. The summed E-state index contributed by atoms with van der Waals surface area (Å²) in [6, 6.07) is 4.93. The molecule has 6 N–H and O–H groups in total. The van der Waals surface area contributed by atoms with E-state index in [4.69, 9.17) is 0 Å². The third-order valence-corrected chi connectivity index (χ3v) is 8.34. The van der Waals surface area contributed by atoms with Crippen LogP contribution >= 0.6 is 0 Å². The lowest BCUT2D eigenvalue weighted by Gasteiger charge is -2.25. The summed E-state index contributed by atoms with van der Waals surface area (Å²) in [5, 5.41) is 70.0. The minimum atomic E-state index is -0.789. The van der Waals surface area contributed by atoms with Crippen molar-refractivity contribution in [3.63, 3.8) is 0 Å². The average molecular weight is 504 g/mol. The molecule has 8 aromatic carbocycles. The second kappa shape index (κ2) is 6.00. The summed E-state index contributed by atoms with van der Waals surface area (Å²) in [5.41, 5.74) is -0.0664. The molecule has 0 radical (unpaired) electrons. The van der Waals surface area contributed by atoms with Crippen LogP contribution in [-0.2, 0) is 0 Å². The van der Waals surface area contributed by atoms with Crippen LogP contribution in [0.15, 0.2) is 33.9 Å². The highest BCUT2D eigenvalue weighted by molar-refractivity contribution is 6.51. The monoisotopic (exact) mass is 504 g/mol. The summed E-state index contributed by atoms with van der Waals surface area (Å²) in [7, 11) is 0. The highest BCUT2D eigenvalue weighted by atomic mass is 16.3. The topological polar surface area (TPSA) is 156 Å². The van der Waals surface area contributed by atoms with Gasteiger partial charge in [-0.1, -0.05) is 0 Å². The van der Waals surface area contributed by atoms with Crippen LogP contribution in [0.25, 0.3) is 75.4 Å². The summed E-state index contributed by atoms with van der Waals surface area (Å²) in [5.74, 6) is -2.82. The van der Waals surface area contributed by atoms with Gasteiger partial charge in [-0.2, -0.15) is 0 Å². The largest absolute Gasteiger partial charge is 0.507 e. The van der Waals surface area contributed by atoms with Crippen LogP contribution < -0.4 is 10.9 Å². The van der Waals surface area contributed by atoms with Crippen molar-refractivity contribution in [2.75, 3.05) is 0 Å². The Morgan fingerprint density at radius 1 is 0.421 bits per heavy atom. The van der Waals surface area contributed by atoms with Gasteiger partial charge in [0.1, 0.15) is 17.2 Å². The third-order valence-electron chi connectivity index (χ3n) is 8.34. The van der Waals surface area contributed by atoms with Gasteiger partial charge in [0.05, 0.1) is 5.39 Å². The Balaban J connectivity index is 2.03. The van der Waals surface area contributed by atoms with Crippen LogP contribution in [0.1, 0.15) is 11.1 Å². The van der Waals surface area contributed by atoms with Crippen LogP contribution in [0.5, 0.6) is 34.5 Å². The Kier molecular flexibility index (Phi) is 3.30. The van der Waals surface area contributed by atoms with Crippen molar-refractivity contribution in [1.82, 2.24) is 0 Å². The molecule has 0 aliphatic heterocycles. The number of fused-ring (bicyclic) bond motifs is 2. The number of hydrogen-bond donors (Lipinski definition) is 6. The molecule has 0 unspecified atom stereocenters. The number of aryl methyl sites for hydroxylation is 2. The zero-order valence-corrected chi connectivity index (χ0v) is 19.8. The first-order valence-electron chi connectivity index (χ1n) is 11.8. The molecule has 38 heavy (non-hydrogen) atoms. The molecule has 0 saturated carbocycles. The molecule has 8 heteroatoms. The predicted molar refractivity (Wildman–Crippen MR) is 146 cm³/mol. The average Bonchev–Trinajstić information content (AvgIpc) is 2.85. The summed E-state index contributed by atoms with van der Waals surface area (Å²) >= 11 is 0. The van der Waals surface area contributed by atoms with Crippen molar-refractivity contribution in [3.05, 3.63) is 55.8 Å². The molecule has 0 heterocycles. The number of benzene rings is 8. The quantitative estimate of drug-likeness (QED) is 0.0949. The van der Waals surface area contributed by atoms with E-state index < -0.39 is 39.6 Å². The van der Waals surface area contributed by atoms with Gasteiger partial charge < -0.3 is 30.6 Å². The van der Waals surface area contributed by atoms with E-state index in [9.17, 15) is 40.2 Å². The number of rotatable bonds is 0. The maximum atomic E-state index is 13.4. The van der Waals surface area contributed by atoms with Gasteiger partial charge in [-0.25, -0.2) is 0 Å². The van der Waals surface area contributed by atoms with Gasteiger partial charge in [0.25, 0.3) is 0 Å². The molecule has 0 amide bonds. The Labute approximate surface area is 210 Å². The fourth-order valence-electron chi connectivity index (χ4n) is 6.98. The lowest BCUT2D eigenvalue weighted by atomic mass is 9.77. The minimum Gasteiger partial charge on any atom is -0.507 e. The molecule has 8 nitrogen and oxygen atoms in total. The van der Waals surface area contributed by atoms with Gasteiger partial charge in [-0.3, -0.25) is 9.59 Å². The van der Waals surface area contributed by atoms with Gasteiger partial charge >= 0.3 is 0 Å². The standard InChI is InChI=1S/C30H16O8/c1-7-3-11(31)19-22-16(7)8(2)9-4-14(34)29(37)26-17(9)23(22)24-18-10(5-15(35)30(38)27(18)19)28(36)21-13(33)6-12(32)20(26)25(21)24/h3-6,31,33-34,36-38H,1-2H3. The number of phenolic OH excluding ortho intramolecular Hbond substituents is 6. The normalized spacial score (nSPS) is 12.8. The van der Waals surface area contributed by atoms with Crippen LogP contribution in [0.4, 0.5) is 0 Å². The van der Waals surface area contributed by atoms with Crippen LogP contribution in [0, 0.1) is 13.8 Å². The molecule has 0 atom stereocenters. The Morgan fingerprint density at radius 3 is 1.71 bits per heavy atom. The molecule has 0 fully saturated rings. The molecule has 0 aliphatic carbocycles. The lowest BCUT2D eigenvalue weighted by Crippen LogP contribution is -2.07. The second-order valence-electron chi connectivity index (χ2n) is 10.1. The fraction of sp³-hybridized carbons (Fsp3) is 0.0667. The molecule has 0 aliphatic rings. The molecular weight excluding hydrogens is 488 g/mol. The summed E-state index contributed by atoms with van der Waals surface area (Å²) in [6.07, 6.45) is 0. The summed E-state index contributed by atoms with van der Waals surface area (Å²) < 4.78 is 0. The maximum Gasteiger partial charge on any atom is 0.221 e. The lowest BCUT2D eigenvalue weighted by molar-refractivity contribution is 0.409. The van der Waals surface area contributed by atoms with Crippen molar-refractivity contribution in [1.29, 1.82) is 0 Å². The van der Waals surface area contributed by atoms with Gasteiger partial charge in [-0.15, -0.1) is 0 Å². The van der Waals surface area contributed by atoms with E-state index >= 15 is 0 Å². The highest BCUT2D eigenvalue weighted by Gasteiger charge is 2.32. The van der Waals surface area contributed by atoms with Crippen LogP contribution in [0.3, 0.4) is 0 Å². The molecule has 0 bridgehead atoms. The molecule has 0 aromatic heterocycles. The maximum absolute atomic E-state index is 13.4. The second-order valence-corrected chi connectivity index (χ2v) is 10.1.